The summed E-state index contributed by atoms with van der Waals surface area (Å²) in [5, 5.41) is 2.91. The van der Waals surface area contributed by atoms with Crippen LogP contribution in [-0.2, 0) is 22.6 Å². The first-order valence-corrected chi connectivity index (χ1v) is 10.1. The molecule has 0 fully saturated rings. The van der Waals surface area contributed by atoms with Gasteiger partial charge in [-0.05, 0) is 44.7 Å². The van der Waals surface area contributed by atoms with Crippen LogP contribution in [0, 0.1) is 13.8 Å². The molecule has 2 aromatic carbocycles. The Kier molecular flexibility index (Phi) is 8.24. The molecule has 1 unspecified atom stereocenters. The number of hydrogen-bond acceptors (Lipinski definition) is 2. The molecule has 0 spiro atoms. The number of nitrogens with zero attached hydrogens (tertiary/aromatic N) is 1. The maximum Gasteiger partial charge on any atom is 0.242 e. The van der Waals surface area contributed by atoms with Gasteiger partial charge in [-0.1, -0.05) is 66.6 Å². The molecule has 0 bridgehead atoms. The lowest BCUT2D eigenvalue weighted by Crippen LogP contribution is -2.47. The number of benzene rings is 2. The lowest BCUT2D eigenvalue weighted by atomic mass is 10.1. The Morgan fingerprint density at radius 1 is 0.929 bits per heavy atom. The second-order valence-corrected chi connectivity index (χ2v) is 7.46. The van der Waals surface area contributed by atoms with Crippen LogP contribution in [0.1, 0.15) is 48.9 Å². The van der Waals surface area contributed by atoms with Crippen LogP contribution in [0.2, 0.25) is 0 Å². The summed E-state index contributed by atoms with van der Waals surface area (Å²) >= 11 is 0. The van der Waals surface area contributed by atoms with Crippen LogP contribution in [0.15, 0.2) is 48.5 Å². The van der Waals surface area contributed by atoms with Gasteiger partial charge < -0.3 is 10.2 Å². The second kappa shape index (κ2) is 10.6. The predicted molar refractivity (Wildman–Crippen MR) is 114 cm³/mol. The lowest BCUT2D eigenvalue weighted by molar-refractivity contribution is -0.140. The van der Waals surface area contributed by atoms with Gasteiger partial charge in [0.1, 0.15) is 6.04 Å². The van der Waals surface area contributed by atoms with Crippen LogP contribution in [0.4, 0.5) is 0 Å². The molecule has 0 saturated heterocycles. The van der Waals surface area contributed by atoms with E-state index in [1.807, 2.05) is 45.0 Å². The van der Waals surface area contributed by atoms with Crippen molar-refractivity contribution < 1.29 is 9.59 Å². The highest BCUT2D eigenvalue weighted by Crippen LogP contribution is 2.14. The van der Waals surface area contributed by atoms with Crippen molar-refractivity contribution in [2.45, 2.75) is 59.5 Å². The van der Waals surface area contributed by atoms with Crippen LogP contribution in [-0.4, -0.2) is 29.3 Å². The summed E-state index contributed by atoms with van der Waals surface area (Å²) in [6.07, 6.45) is 1.94. The number of amides is 2. The molecular formula is C24H32N2O2. The highest BCUT2D eigenvalue weighted by molar-refractivity contribution is 5.87. The first kappa shape index (κ1) is 21.7. The van der Waals surface area contributed by atoms with E-state index in [9.17, 15) is 9.59 Å². The van der Waals surface area contributed by atoms with Crippen molar-refractivity contribution in [1.29, 1.82) is 0 Å². The molecule has 0 aromatic heterocycles. The average molecular weight is 381 g/mol. The molecule has 2 rings (SSSR count). The number of carbonyl (C=O) groups excluding carboxylic acids is 2. The third-order valence-electron chi connectivity index (χ3n) is 4.94. The van der Waals surface area contributed by atoms with Gasteiger partial charge in [-0.25, -0.2) is 0 Å². The van der Waals surface area contributed by atoms with Gasteiger partial charge in [-0.3, -0.25) is 9.59 Å². The quantitative estimate of drug-likeness (QED) is 0.709. The summed E-state index contributed by atoms with van der Waals surface area (Å²) in [5.41, 5.74) is 4.55. The van der Waals surface area contributed by atoms with Crippen LogP contribution in [0.5, 0.6) is 0 Å². The van der Waals surface area contributed by atoms with Gasteiger partial charge in [0.05, 0.1) is 0 Å². The van der Waals surface area contributed by atoms with Crippen LogP contribution in [0.3, 0.4) is 0 Å². The van der Waals surface area contributed by atoms with E-state index in [-0.39, 0.29) is 11.8 Å². The summed E-state index contributed by atoms with van der Waals surface area (Å²) in [5.74, 6) is -0.0991. The van der Waals surface area contributed by atoms with E-state index in [1.54, 1.807) is 4.90 Å². The zero-order valence-electron chi connectivity index (χ0n) is 17.5. The molecule has 0 aliphatic carbocycles. The van der Waals surface area contributed by atoms with Crippen molar-refractivity contribution in [3.8, 4) is 0 Å². The SMILES string of the molecule is CCCNC(=O)C(C)N(Cc1ccc(C)cc1)C(=O)CCc1ccc(C)cc1. The zero-order valence-corrected chi connectivity index (χ0v) is 17.5. The van der Waals surface area contributed by atoms with Gasteiger partial charge >= 0.3 is 0 Å². The smallest absolute Gasteiger partial charge is 0.242 e. The largest absolute Gasteiger partial charge is 0.354 e. The molecule has 1 atom stereocenters. The van der Waals surface area contributed by atoms with Gasteiger partial charge in [0.15, 0.2) is 0 Å². The standard InChI is InChI=1S/C24H32N2O2/c1-5-16-25-24(28)20(4)26(17-22-12-8-19(3)9-13-22)23(27)15-14-21-10-6-18(2)7-11-21/h6-13,20H,5,14-17H2,1-4H3,(H,25,28). The minimum Gasteiger partial charge on any atom is -0.354 e. The molecule has 2 aromatic rings. The van der Waals surface area contributed by atoms with E-state index in [1.165, 1.54) is 11.1 Å². The molecule has 0 heterocycles. The molecule has 4 heteroatoms. The van der Waals surface area contributed by atoms with Crippen LogP contribution >= 0.6 is 0 Å². The number of rotatable bonds is 9. The topological polar surface area (TPSA) is 49.4 Å². The van der Waals surface area contributed by atoms with Gasteiger partial charge in [-0.15, -0.1) is 0 Å². The van der Waals surface area contributed by atoms with Crippen molar-refractivity contribution in [2.24, 2.45) is 0 Å². The normalized spacial score (nSPS) is 11.7. The van der Waals surface area contributed by atoms with Crippen molar-refractivity contribution in [2.75, 3.05) is 6.54 Å². The van der Waals surface area contributed by atoms with Gasteiger partial charge in [0.2, 0.25) is 11.8 Å². The highest BCUT2D eigenvalue weighted by atomic mass is 16.2. The predicted octanol–water partition coefficient (Wildman–Crippen LogP) is 4.18. The van der Waals surface area contributed by atoms with E-state index < -0.39 is 6.04 Å². The van der Waals surface area contributed by atoms with E-state index in [2.05, 4.69) is 36.5 Å². The van der Waals surface area contributed by atoms with Gasteiger partial charge in [0.25, 0.3) is 0 Å². The Morgan fingerprint density at radius 3 is 2.00 bits per heavy atom. The summed E-state index contributed by atoms with van der Waals surface area (Å²) in [6, 6.07) is 15.8. The summed E-state index contributed by atoms with van der Waals surface area (Å²) in [4.78, 5) is 27.2. The summed E-state index contributed by atoms with van der Waals surface area (Å²) in [7, 11) is 0. The fraction of sp³-hybridized carbons (Fsp3) is 0.417. The molecule has 28 heavy (non-hydrogen) atoms. The molecule has 150 valence electrons. The highest BCUT2D eigenvalue weighted by Gasteiger charge is 2.25. The lowest BCUT2D eigenvalue weighted by Gasteiger charge is -2.29. The van der Waals surface area contributed by atoms with Crippen molar-refractivity contribution >= 4 is 11.8 Å². The second-order valence-electron chi connectivity index (χ2n) is 7.46. The molecule has 0 aliphatic heterocycles. The Labute approximate surface area is 169 Å². The van der Waals surface area contributed by atoms with Crippen LogP contribution < -0.4 is 5.32 Å². The van der Waals surface area contributed by atoms with Crippen molar-refractivity contribution in [3.63, 3.8) is 0 Å². The molecule has 0 aliphatic rings. The molecule has 0 radical (unpaired) electrons. The minimum absolute atomic E-state index is 0.000276. The monoisotopic (exact) mass is 380 g/mol. The molecular weight excluding hydrogens is 348 g/mol. The summed E-state index contributed by atoms with van der Waals surface area (Å²) < 4.78 is 0. The molecule has 2 amide bonds. The zero-order chi connectivity index (χ0) is 20.5. The minimum atomic E-state index is -0.502. The number of hydrogen-bond donors (Lipinski definition) is 1. The first-order chi connectivity index (χ1) is 13.4. The molecule has 4 nitrogen and oxygen atoms in total. The number of aryl methyl sites for hydroxylation is 3. The van der Waals surface area contributed by atoms with Crippen LogP contribution in [0.25, 0.3) is 0 Å². The Balaban J connectivity index is 2.10. The molecule has 0 saturated carbocycles. The van der Waals surface area contributed by atoms with Crippen molar-refractivity contribution in [1.82, 2.24) is 10.2 Å². The third kappa shape index (κ3) is 6.52. The molecule has 1 N–H and O–H groups in total. The number of nitrogens with one attached hydrogen (secondary N) is 1. The van der Waals surface area contributed by atoms with Gasteiger partial charge in [-0.2, -0.15) is 0 Å². The Hall–Kier alpha value is -2.62. The maximum atomic E-state index is 13.0. The van der Waals surface area contributed by atoms with E-state index in [0.29, 0.717) is 25.9 Å². The third-order valence-corrected chi connectivity index (χ3v) is 4.94. The van der Waals surface area contributed by atoms with Crippen molar-refractivity contribution in [3.05, 3.63) is 70.8 Å². The maximum absolute atomic E-state index is 13.0. The average Bonchev–Trinajstić information content (AvgIpc) is 2.70. The summed E-state index contributed by atoms with van der Waals surface area (Å²) in [6.45, 7) is 8.97. The Morgan fingerprint density at radius 2 is 1.46 bits per heavy atom. The number of carbonyl (C=O) groups is 2. The fourth-order valence-electron chi connectivity index (χ4n) is 3.02. The van der Waals surface area contributed by atoms with E-state index in [0.717, 1.165) is 17.5 Å². The first-order valence-electron chi connectivity index (χ1n) is 10.1. The van der Waals surface area contributed by atoms with E-state index >= 15 is 0 Å². The van der Waals surface area contributed by atoms with E-state index in [4.69, 9.17) is 0 Å². The Bertz CT molecular complexity index is 766. The van der Waals surface area contributed by atoms with Gasteiger partial charge in [0, 0.05) is 19.5 Å². The fourth-order valence-corrected chi connectivity index (χ4v) is 3.02.